The van der Waals surface area contributed by atoms with E-state index in [-0.39, 0.29) is 24.5 Å². The third-order valence-corrected chi connectivity index (χ3v) is 5.05. The van der Waals surface area contributed by atoms with Crippen molar-refractivity contribution in [3.05, 3.63) is 24.3 Å². The van der Waals surface area contributed by atoms with Gasteiger partial charge in [0.05, 0.1) is 25.4 Å². The molecule has 1 saturated heterocycles. The number of likely N-dealkylation sites (N-methyl/N-ethyl adjacent to an activating group) is 1. The minimum absolute atomic E-state index is 0.0640. The summed E-state index contributed by atoms with van der Waals surface area (Å²) in [5, 5.41) is 12.0. The Kier molecular flexibility index (Phi) is 7.41. The Hall–Kier alpha value is -2.12. The zero-order valence-corrected chi connectivity index (χ0v) is 15.8. The number of para-hydroxylation sites is 2. The second-order valence-corrected chi connectivity index (χ2v) is 6.59. The first kappa shape index (κ1) is 20.2. The summed E-state index contributed by atoms with van der Waals surface area (Å²) in [5.74, 6) is -0.219. The fourth-order valence-electron chi connectivity index (χ4n) is 3.46. The SMILES string of the molecule is CCN(CC(=O)O)C1CCN(C(C)C(=O)Nc2ccccc2OC)CC1. The molecule has 1 heterocycles. The smallest absolute Gasteiger partial charge is 0.317 e. The number of nitrogens with zero attached hydrogens (tertiary/aromatic N) is 2. The van der Waals surface area contributed by atoms with Gasteiger partial charge in [0.1, 0.15) is 5.75 Å². The number of carboxylic acid groups (broad SMARTS) is 1. The maximum Gasteiger partial charge on any atom is 0.317 e. The highest BCUT2D eigenvalue weighted by Gasteiger charge is 2.29. The lowest BCUT2D eigenvalue weighted by Crippen LogP contribution is -2.51. The first-order valence-electron chi connectivity index (χ1n) is 9.10. The third kappa shape index (κ3) is 5.19. The molecule has 2 rings (SSSR count). The second kappa shape index (κ2) is 9.54. The van der Waals surface area contributed by atoms with E-state index in [1.807, 2.05) is 43.0 Å². The van der Waals surface area contributed by atoms with Gasteiger partial charge in [-0.25, -0.2) is 0 Å². The molecule has 0 bridgehead atoms. The van der Waals surface area contributed by atoms with Crippen LogP contribution in [-0.2, 0) is 9.59 Å². The molecule has 1 unspecified atom stereocenters. The monoisotopic (exact) mass is 363 g/mol. The zero-order chi connectivity index (χ0) is 19.1. The van der Waals surface area contributed by atoms with Gasteiger partial charge in [0.25, 0.3) is 0 Å². The molecule has 0 spiro atoms. The molecule has 144 valence electrons. The number of benzene rings is 1. The zero-order valence-electron chi connectivity index (χ0n) is 15.8. The number of amides is 1. The van der Waals surface area contributed by atoms with E-state index >= 15 is 0 Å². The van der Waals surface area contributed by atoms with E-state index in [1.165, 1.54) is 0 Å². The molecular formula is C19H29N3O4. The lowest BCUT2D eigenvalue weighted by Gasteiger charge is -2.39. The Labute approximate surface area is 154 Å². The van der Waals surface area contributed by atoms with Crippen LogP contribution in [0.2, 0.25) is 0 Å². The van der Waals surface area contributed by atoms with Gasteiger partial charge in [-0.05, 0) is 38.4 Å². The summed E-state index contributed by atoms with van der Waals surface area (Å²) < 4.78 is 5.27. The molecule has 0 radical (unpaired) electrons. The summed E-state index contributed by atoms with van der Waals surface area (Å²) in [5.41, 5.74) is 0.667. The third-order valence-electron chi connectivity index (χ3n) is 5.05. The summed E-state index contributed by atoms with van der Waals surface area (Å²) in [6.45, 7) is 6.24. The molecule has 0 saturated carbocycles. The molecule has 1 fully saturated rings. The van der Waals surface area contributed by atoms with Crippen molar-refractivity contribution < 1.29 is 19.4 Å². The molecule has 26 heavy (non-hydrogen) atoms. The van der Waals surface area contributed by atoms with Crippen LogP contribution in [0.15, 0.2) is 24.3 Å². The Morgan fingerprint density at radius 1 is 1.35 bits per heavy atom. The maximum absolute atomic E-state index is 12.6. The second-order valence-electron chi connectivity index (χ2n) is 6.59. The molecule has 7 nitrogen and oxygen atoms in total. The van der Waals surface area contributed by atoms with Crippen molar-refractivity contribution in [3.63, 3.8) is 0 Å². The van der Waals surface area contributed by atoms with Crippen molar-refractivity contribution in [1.82, 2.24) is 9.80 Å². The average molecular weight is 363 g/mol. The molecule has 1 atom stereocenters. The number of carbonyl (C=O) groups is 2. The Morgan fingerprint density at radius 2 is 2.00 bits per heavy atom. The highest BCUT2D eigenvalue weighted by Crippen LogP contribution is 2.24. The average Bonchev–Trinajstić information content (AvgIpc) is 2.66. The summed E-state index contributed by atoms with van der Waals surface area (Å²) in [6.07, 6.45) is 1.74. The molecule has 0 aliphatic carbocycles. The van der Waals surface area contributed by atoms with Crippen molar-refractivity contribution in [3.8, 4) is 5.75 Å². The van der Waals surface area contributed by atoms with Gasteiger partial charge in [-0.3, -0.25) is 19.4 Å². The highest BCUT2D eigenvalue weighted by molar-refractivity contribution is 5.95. The van der Waals surface area contributed by atoms with Crippen LogP contribution in [0.4, 0.5) is 5.69 Å². The summed E-state index contributed by atoms with van der Waals surface area (Å²) in [4.78, 5) is 27.7. The van der Waals surface area contributed by atoms with Crippen molar-refractivity contribution in [1.29, 1.82) is 0 Å². The number of methoxy groups -OCH3 is 1. The number of piperidine rings is 1. The van der Waals surface area contributed by atoms with Crippen LogP contribution in [0.3, 0.4) is 0 Å². The number of anilines is 1. The number of ether oxygens (including phenoxy) is 1. The number of carbonyl (C=O) groups excluding carboxylic acids is 1. The number of hydrogen-bond acceptors (Lipinski definition) is 5. The topological polar surface area (TPSA) is 82.1 Å². The van der Waals surface area contributed by atoms with Crippen molar-refractivity contribution in [2.45, 2.75) is 38.8 Å². The van der Waals surface area contributed by atoms with Gasteiger partial charge >= 0.3 is 5.97 Å². The molecular weight excluding hydrogens is 334 g/mol. The van der Waals surface area contributed by atoms with Crippen LogP contribution >= 0.6 is 0 Å². The van der Waals surface area contributed by atoms with Gasteiger partial charge in [-0.2, -0.15) is 0 Å². The summed E-state index contributed by atoms with van der Waals surface area (Å²) >= 11 is 0. The van der Waals surface area contributed by atoms with Gasteiger partial charge < -0.3 is 15.2 Å². The fraction of sp³-hybridized carbons (Fsp3) is 0.579. The molecule has 1 amide bonds. The van der Waals surface area contributed by atoms with Gasteiger partial charge in [0.15, 0.2) is 0 Å². The normalized spacial score (nSPS) is 17.1. The van der Waals surface area contributed by atoms with Gasteiger partial charge in [0.2, 0.25) is 5.91 Å². The lowest BCUT2D eigenvalue weighted by atomic mass is 10.0. The first-order valence-corrected chi connectivity index (χ1v) is 9.10. The van der Waals surface area contributed by atoms with E-state index in [0.717, 1.165) is 32.5 Å². The Morgan fingerprint density at radius 3 is 2.58 bits per heavy atom. The highest BCUT2D eigenvalue weighted by atomic mass is 16.5. The maximum atomic E-state index is 12.6. The Bertz CT molecular complexity index is 615. The van der Waals surface area contributed by atoms with Crippen LogP contribution in [-0.4, -0.2) is 72.2 Å². The van der Waals surface area contributed by atoms with E-state index in [4.69, 9.17) is 9.84 Å². The number of aliphatic carboxylic acids is 1. The van der Waals surface area contributed by atoms with E-state index in [0.29, 0.717) is 11.4 Å². The van der Waals surface area contributed by atoms with E-state index in [9.17, 15) is 9.59 Å². The summed E-state index contributed by atoms with van der Waals surface area (Å²) in [7, 11) is 1.58. The molecule has 1 aliphatic rings. The molecule has 1 aromatic carbocycles. The van der Waals surface area contributed by atoms with Crippen LogP contribution in [0, 0.1) is 0 Å². The van der Waals surface area contributed by atoms with Crippen molar-refractivity contribution >= 4 is 17.6 Å². The van der Waals surface area contributed by atoms with Crippen molar-refractivity contribution in [2.24, 2.45) is 0 Å². The van der Waals surface area contributed by atoms with Crippen LogP contribution in [0.1, 0.15) is 26.7 Å². The minimum Gasteiger partial charge on any atom is -0.495 e. The van der Waals surface area contributed by atoms with Gasteiger partial charge in [-0.1, -0.05) is 19.1 Å². The standard InChI is InChI=1S/C19H29N3O4/c1-4-21(13-18(23)24)15-9-11-22(12-10-15)14(2)19(25)20-16-7-5-6-8-17(16)26-3/h5-8,14-15H,4,9-13H2,1-3H3,(H,20,25)(H,23,24). The molecule has 1 aliphatic heterocycles. The lowest BCUT2D eigenvalue weighted by molar-refractivity contribution is -0.139. The predicted octanol–water partition coefficient (Wildman–Crippen LogP) is 1.89. The van der Waals surface area contributed by atoms with E-state index < -0.39 is 5.97 Å². The molecule has 1 aromatic rings. The number of likely N-dealkylation sites (tertiary alicyclic amines) is 1. The number of rotatable bonds is 8. The first-order chi connectivity index (χ1) is 12.5. The van der Waals surface area contributed by atoms with Crippen LogP contribution < -0.4 is 10.1 Å². The molecule has 7 heteroatoms. The van der Waals surface area contributed by atoms with Crippen LogP contribution in [0.25, 0.3) is 0 Å². The van der Waals surface area contributed by atoms with Crippen molar-refractivity contribution in [2.75, 3.05) is 38.6 Å². The van der Waals surface area contributed by atoms with Crippen LogP contribution in [0.5, 0.6) is 5.75 Å². The fourth-order valence-corrected chi connectivity index (χ4v) is 3.46. The van der Waals surface area contributed by atoms with Gasteiger partial charge in [0, 0.05) is 19.1 Å². The van der Waals surface area contributed by atoms with E-state index in [2.05, 4.69) is 10.2 Å². The number of hydrogen-bond donors (Lipinski definition) is 2. The van der Waals surface area contributed by atoms with E-state index in [1.54, 1.807) is 7.11 Å². The molecule has 2 N–H and O–H groups in total. The summed E-state index contributed by atoms with van der Waals surface area (Å²) in [6, 6.07) is 7.36. The number of carboxylic acids is 1. The predicted molar refractivity (Wildman–Crippen MR) is 101 cm³/mol. The van der Waals surface area contributed by atoms with Gasteiger partial charge in [-0.15, -0.1) is 0 Å². The minimum atomic E-state index is -0.793. The molecule has 0 aromatic heterocycles. The quantitative estimate of drug-likeness (QED) is 0.734. The Balaban J connectivity index is 1.90. The largest absolute Gasteiger partial charge is 0.495 e. The number of nitrogens with one attached hydrogen (secondary N) is 1.